The van der Waals surface area contributed by atoms with Gasteiger partial charge in [-0.1, -0.05) is 12.1 Å². The largest absolute Gasteiger partial charge is 0.497 e. The molecule has 1 aliphatic carbocycles. The number of piperazine rings is 1. The third-order valence-corrected chi connectivity index (χ3v) is 7.22. The third kappa shape index (κ3) is 5.31. The van der Waals surface area contributed by atoms with Gasteiger partial charge in [0.15, 0.2) is 0 Å². The van der Waals surface area contributed by atoms with Gasteiger partial charge in [-0.3, -0.25) is 4.90 Å². The standard InChI is InChI=1S/C28H37N5O2/c1-21-27(20-32(23-8-9-23)19-22-6-5-7-26(18-22)35-4)28(31-16-14-30(2)15-17-31)33(29-21)24-10-12-25(34-3)13-11-24/h5-7,10-13,18,23H,8-9,14-17,19-20H2,1-4H3. The molecule has 1 aromatic heterocycles. The number of nitrogens with zero attached hydrogens (tertiary/aromatic N) is 5. The lowest BCUT2D eigenvalue weighted by Crippen LogP contribution is -2.45. The first-order chi connectivity index (χ1) is 17.1. The van der Waals surface area contributed by atoms with Gasteiger partial charge in [-0.15, -0.1) is 0 Å². The maximum atomic E-state index is 5.47. The molecule has 0 amide bonds. The highest BCUT2D eigenvalue weighted by Crippen LogP contribution is 2.35. The number of aryl methyl sites for hydroxylation is 1. The summed E-state index contributed by atoms with van der Waals surface area (Å²) in [6.07, 6.45) is 2.53. The zero-order valence-corrected chi connectivity index (χ0v) is 21.4. The molecular weight excluding hydrogens is 438 g/mol. The van der Waals surface area contributed by atoms with Gasteiger partial charge in [0.05, 0.1) is 25.6 Å². The highest BCUT2D eigenvalue weighted by atomic mass is 16.5. The number of methoxy groups -OCH3 is 2. The number of hydrogen-bond donors (Lipinski definition) is 0. The van der Waals surface area contributed by atoms with Gasteiger partial charge in [0.1, 0.15) is 17.3 Å². The van der Waals surface area contributed by atoms with E-state index in [1.165, 1.54) is 29.8 Å². The van der Waals surface area contributed by atoms with E-state index in [0.717, 1.165) is 62.1 Å². The average molecular weight is 476 g/mol. The van der Waals surface area contributed by atoms with Crippen LogP contribution in [0.1, 0.15) is 29.7 Å². The predicted octanol–water partition coefficient (Wildman–Crippen LogP) is 4.11. The molecule has 186 valence electrons. The smallest absolute Gasteiger partial charge is 0.137 e. The first-order valence-corrected chi connectivity index (χ1v) is 12.6. The minimum Gasteiger partial charge on any atom is -0.497 e. The fraction of sp³-hybridized carbons (Fsp3) is 0.464. The Bertz CT molecular complexity index is 1130. The summed E-state index contributed by atoms with van der Waals surface area (Å²) in [4.78, 5) is 7.54. The van der Waals surface area contributed by atoms with Crippen molar-refractivity contribution in [1.82, 2.24) is 19.6 Å². The maximum absolute atomic E-state index is 5.47. The fourth-order valence-electron chi connectivity index (χ4n) is 4.94. The fourth-order valence-corrected chi connectivity index (χ4v) is 4.94. The molecule has 0 N–H and O–H groups in total. The summed E-state index contributed by atoms with van der Waals surface area (Å²) in [6.45, 7) is 8.09. The second kappa shape index (κ2) is 10.3. The lowest BCUT2D eigenvalue weighted by Gasteiger charge is -2.35. The Hall–Kier alpha value is -3.03. The molecule has 1 saturated carbocycles. The van der Waals surface area contributed by atoms with Gasteiger partial charge >= 0.3 is 0 Å². The monoisotopic (exact) mass is 475 g/mol. The molecule has 0 radical (unpaired) electrons. The molecule has 1 saturated heterocycles. The molecule has 2 aliphatic rings. The molecule has 0 unspecified atom stereocenters. The zero-order valence-electron chi connectivity index (χ0n) is 21.4. The molecule has 2 fully saturated rings. The van der Waals surface area contributed by atoms with Crippen molar-refractivity contribution in [3.8, 4) is 17.2 Å². The van der Waals surface area contributed by atoms with E-state index in [-0.39, 0.29) is 0 Å². The van der Waals surface area contributed by atoms with Crippen LogP contribution in [0.3, 0.4) is 0 Å². The minimum atomic E-state index is 0.630. The van der Waals surface area contributed by atoms with E-state index < -0.39 is 0 Å². The average Bonchev–Trinajstić information content (AvgIpc) is 3.69. The minimum absolute atomic E-state index is 0.630. The Labute approximate surface area is 208 Å². The Morgan fingerprint density at radius 2 is 1.63 bits per heavy atom. The lowest BCUT2D eigenvalue weighted by atomic mass is 10.1. The maximum Gasteiger partial charge on any atom is 0.137 e. The second-order valence-corrected chi connectivity index (χ2v) is 9.78. The molecule has 35 heavy (non-hydrogen) atoms. The summed E-state index contributed by atoms with van der Waals surface area (Å²) in [5.41, 5.74) is 4.80. The molecule has 5 rings (SSSR count). The summed E-state index contributed by atoms with van der Waals surface area (Å²) in [7, 11) is 5.64. The number of likely N-dealkylation sites (N-methyl/N-ethyl adjacent to an activating group) is 1. The predicted molar refractivity (Wildman–Crippen MR) is 140 cm³/mol. The van der Waals surface area contributed by atoms with E-state index in [4.69, 9.17) is 14.6 Å². The van der Waals surface area contributed by atoms with Crippen LogP contribution in [0.5, 0.6) is 11.5 Å². The number of aromatic nitrogens is 2. The molecule has 0 atom stereocenters. The normalized spacial score (nSPS) is 16.7. The van der Waals surface area contributed by atoms with Crippen molar-refractivity contribution in [2.45, 2.75) is 38.9 Å². The summed E-state index contributed by atoms with van der Waals surface area (Å²) in [6, 6.07) is 17.3. The molecule has 7 nitrogen and oxygen atoms in total. The molecule has 3 aromatic rings. The topological polar surface area (TPSA) is 46.0 Å². The van der Waals surface area contributed by atoms with E-state index in [9.17, 15) is 0 Å². The highest BCUT2D eigenvalue weighted by Gasteiger charge is 2.32. The van der Waals surface area contributed by atoms with Crippen molar-refractivity contribution < 1.29 is 9.47 Å². The van der Waals surface area contributed by atoms with E-state index in [2.05, 4.69) is 63.7 Å². The summed E-state index contributed by atoms with van der Waals surface area (Å²) >= 11 is 0. The van der Waals surface area contributed by atoms with Crippen LogP contribution in [0.15, 0.2) is 48.5 Å². The number of anilines is 1. The number of ether oxygens (including phenoxy) is 2. The van der Waals surface area contributed by atoms with E-state index in [1.54, 1.807) is 14.2 Å². The van der Waals surface area contributed by atoms with Crippen molar-refractivity contribution in [2.24, 2.45) is 0 Å². The zero-order chi connectivity index (χ0) is 24.4. The van der Waals surface area contributed by atoms with Crippen LogP contribution in [0.2, 0.25) is 0 Å². The van der Waals surface area contributed by atoms with Crippen molar-refractivity contribution in [2.75, 3.05) is 52.3 Å². The summed E-state index contributed by atoms with van der Waals surface area (Å²) in [5.74, 6) is 3.01. The number of benzene rings is 2. The quantitative estimate of drug-likeness (QED) is 0.464. The lowest BCUT2D eigenvalue weighted by molar-refractivity contribution is 0.244. The van der Waals surface area contributed by atoms with Crippen LogP contribution >= 0.6 is 0 Å². The van der Waals surface area contributed by atoms with E-state index >= 15 is 0 Å². The molecule has 2 heterocycles. The molecule has 1 aliphatic heterocycles. The van der Waals surface area contributed by atoms with Crippen molar-refractivity contribution in [3.05, 3.63) is 65.4 Å². The van der Waals surface area contributed by atoms with Gasteiger partial charge in [-0.05, 0) is 68.8 Å². The Morgan fingerprint density at radius 3 is 2.29 bits per heavy atom. The molecular formula is C28H37N5O2. The number of hydrogen-bond acceptors (Lipinski definition) is 6. The van der Waals surface area contributed by atoms with Crippen LogP contribution in [0.25, 0.3) is 5.69 Å². The SMILES string of the molecule is COc1ccc(-n2nc(C)c(CN(Cc3cccc(OC)c3)C3CC3)c2N2CCN(C)CC2)cc1. The van der Waals surface area contributed by atoms with Gasteiger partial charge in [-0.2, -0.15) is 5.10 Å². The Kier molecular flexibility index (Phi) is 6.97. The van der Waals surface area contributed by atoms with Gasteiger partial charge in [-0.25, -0.2) is 4.68 Å². The Morgan fingerprint density at radius 1 is 0.914 bits per heavy atom. The second-order valence-electron chi connectivity index (χ2n) is 9.78. The van der Waals surface area contributed by atoms with Gasteiger partial charge < -0.3 is 19.3 Å². The van der Waals surface area contributed by atoms with Crippen LogP contribution in [0, 0.1) is 6.92 Å². The van der Waals surface area contributed by atoms with Gasteiger partial charge in [0.25, 0.3) is 0 Å². The van der Waals surface area contributed by atoms with Crippen molar-refractivity contribution >= 4 is 5.82 Å². The highest BCUT2D eigenvalue weighted by molar-refractivity contribution is 5.56. The number of rotatable bonds is 9. The first kappa shape index (κ1) is 23.7. The van der Waals surface area contributed by atoms with E-state index in [0.29, 0.717) is 6.04 Å². The van der Waals surface area contributed by atoms with Gasteiger partial charge in [0, 0.05) is 50.9 Å². The summed E-state index contributed by atoms with van der Waals surface area (Å²) < 4.78 is 13.0. The van der Waals surface area contributed by atoms with E-state index in [1.807, 2.05) is 18.2 Å². The van der Waals surface area contributed by atoms with Crippen LogP contribution < -0.4 is 14.4 Å². The molecule has 0 bridgehead atoms. The Balaban J connectivity index is 1.49. The molecule has 0 spiro atoms. The summed E-state index contributed by atoms with van der Waals surface area (Å²) in [5, 5.41) is 5.07. The van der Waals surface area contributed by atoms with Crippen LogP contribution in [-0.4, -0.2) is 73.1 Å². The van der Waals surface area contributed by atoms with Gasteiger partial charge in [0.2, 0.25) is 0 Å². The van der Waals surface area contributed by atoms with Crippen LogP contribution in [-0.2, 0) is 13.1 Å². The van der Waals surface area contributed by atoms with Crippen molar-refractivity contribution in [1.29, 1.82) is 0 Å². The van der Waals surface area contributed by atoms with Crippen molar-refractivity contribution in [3.63, 3.8) is 0 Å². The third-order valence-electron chi connectivity index (χ3n) is 7.22. The molecule has 2 aromatic carbocycles. The van der Waals surface area contributed by atoms with Crippen LogP contribution in [0.4, 0.5) is 5.82 Å². The first-order valence-electron chi connectivity index (χ1n) is 12.6. The molecule has 7 heteroatoms.